The first-order valence-corrected chi connectivity index (χ1v) is 8.47. The van der Waals surface area contributed by atoms with E-state index < -0.39 is 0 Å². The number of carbonyl (C=O) groups excluding carboxylic acids is 1. The van der Waals surface area contributed by atoms with Crippen LogP contribution in [0.4, 0.5) is 4.39 Å². The maximum absolute atomic E-state index is 13.3. The van der Waals surface area contributed by atoms with Gasteiger partial charge in [0.2, 0.25) is 0 Å². The molecule has 1 N–H and O–H groups in total. The van der Waals surface area contributed by atoms with Crippen LogP contribution in [-0.2, 0) is 0 Å². The average molecular weight is 330 g/mol. The second-order valence-electron chi connectivity index (χ2n) is 6.26. The van der Waals surface area contributed by atoms with E-state index in [1.54, 1.807) is 24.4 Å². The van der Waals surface area contributed by atoms with E-state index in [1.807, 2.05) is 0 Å². The lowest BCUT2D eigenvalue weighted by Gasteiger charge is -2.33. The van der Waals surface area contributed by atoms with Gasteiger partial charge in [-0.15, -0.1) is 0 Å². The third-order valence-electron chi connectivity index (χ3n) is 4.52. The zero-order valence-corrected chi connectivity index (χ0v) is 13.9. The standard InChI is InChI=1S/C18H23FN4O/c1-14-5-2-3-10-22(14)12-9-20-18(24)17-8-11-23(21-17)16-7-4-6-15(19)13-16/h4,6-8,11,13-14H,2-3,5,9-10,12H2,1H3,(H,20,24)/t14-/m0/s1. The average Bonchev–Trinajstić information content (AvgIpc) is 3.07. The monoisotopic (exact) mass is 330 g/mol. The van der Waals surface area contributed by atoms with E-state index in [0.29, 0.717) is 24.0 Å². The van der Waals surface area contributed by atoms with Crippen LogP contribution in [-0.4, -0.2) is 46.3 Å². The van der Waals surface area contributed by atoms with Gasteiger partial charge in [-0.25, -0.2) is 9.07 Å². The highest BCUT2D eigenvalue weighted by Crippen LogP contribution is 2.15. The van der Waals surface area contributed by atoms with Crippen molar-refractivity contribution in [2.24, 2.45) is 0 Å². The third kappa shape index (κ3) is 4.00. The Morgan fingerprint density at radius 3 is 3.04 bits per heavy atom. The van der Waals surface area contributed by atoms with Gasteiger partial charge in [0.15, 0.2) is 5.69 Å². The Morgan fingerprint density at radius 2 is 2.25 bits per heavy atom. The number of halogens is 1. The number of carbonyl (C=O) groups is 1. The number of aromatic nitrogens is 2. The van der Waals surface area contributed by atoms with Gasteiger partial charge in [0.1, 0.15) is 5.82 Å². The molecule has 0 radical (unpaired) electrons. The normalized spacial score (nSPS) is 18.5. The summed E-state index contributed by atoms with van der Waals surface area (Å²) in [5, 5.41) is 7.14. The second-order valence-corrected chi connectivity index (χ2v) is 6.26. The molecule has 0 saturated carbocycles. The van der Waals surface area contributed by atoms with Crippen LogP contribution in [0.1, 0.15) is 36.7 Å². The van der Waals surface area contributed by atoms with Gasteiger partial charge < -0.3 is 5.32 Å². The molecule has 3 rings (SSSR count). The molecule has 1 saturated heterocycles. The van der Waals surface area contributed by atoms with Crippen molar-refractivity contribution in [3.8, 4) is 5.69 Å². The minimum absolute atomic E-state index is 0.199. The molecule has 1 aromatic heterocycles. The molecule has 2 heterocycles. The Bertz CT molecular complexity index is 700. The van der Waals surface area contributed by atoms with E-state index in [9.17, 15) is 9.18 Å². The van der Waals surface area contributed by atoms with Crippen molar-refractivity contribution in [2.45, 2.75) is 32.2 Å². The van der Waals surface area contributed by atoms with Crippen molar-refractivity contribution in [1.29, 1.82) is 0 Å². The van der Waals surface area contributed by atoms with Gasteiger partial charge in [-0.05, 0) is 50.6 Å². The van der Waals surface area contributed by atoms with Crippen LogP contribution in [0.25, 0.3) is 5.69 Å². The molecule has 1 aliphatic heterocycles. The number of amides is 1. The first kappa shape index (κ1) is 16.6. The molecule has 1 amide bonds. The van der Waals surface area contributed by atoms with Crippen molar-refractivity contribution in [3.63, 3.8) is 0 Å². The van der Waals surface area contributed by atoms with Gasteiger partial charge >= 0.3 is 0 Å². The number of hydrogen-bond acceptors (Lipinski definition) is 3. The lowest BCUT2D eigenvalue weighted by atomic mass is 10.0. The van der Waals surface area contributed by atoms with Crippen LogP contribution in [0.3, 0.4) is 0 Å². The van der Waals surface area contributed by atoms with Gasteiger partial charge in [0.25, 0.3) is 5.91 Å². The van der Waals surface area contributed by atoms with E-state index in [4.69, 9.17) is 0 Å². The molecular weight excluding hydrogens is 307 g/mol. The number of nitrogens with one attached hydrogen (secondary N) is 1. The Kier molecular flexibility index (Phi) is 5.25. The number of nitrogens with zero attached hydrogens (tertiary/aromatic N) is 3. The molecule has 2 aromatic rings. The summed E-state index contributed by atoms with van der Waals surface area (Å²) in [6.45, 7) is 4.81. The summed E-state index contributed by atoms with van der Waals surface area (Å²) in [6.07, 6.45) is 5.42. The Hall–Kier alpha value is -2.21. The third-order valence-corrected chi connectivity index (χ3v) is 4.52. The highest BCUT2D eigenvalue weighted by Gasteiger charge is 2.18. The zero-order valence-electron chi connectivity index (χ0n) is 13.9. The molecule has 1 fully saturated rings. The highest BCUT2D eigenvalue weighted by molar-refractivity contribution is 5.92. The smallest absolute Gasteiger partial charge is 0.271 e. The van der Waals surface area contributed by atoms with Gasteiger partial charge in [-0.1, -0.05) is 12.5 Å². The Balaban J connectivity index is 1.54. The quantitative estimate of drug-likeness (QED) is 0.917. The molecule has 24 heavy (non-hydrogen) atoms. The Labute approximate surface area is 141 Å². The largest absolute Gasteiger partial charge is 0.349 e. The van der Waals surface area contributed by atoms with Crippen LogP contribution < -0.4 is 5.32 Å². The Morgan fingerprint density at radius 1 is 1.38 bits per heavy atom. The number of piperidine rings is 1. The number of likely N-dealkylation sites (tertiary alicyclic amines) is 1. The summed E-state index contributed by atoms with van der Waals surface area (Å²) in [4.78, 5) is 14.6. The van der Waals surface area contributed by atoms with Crippen LogP contribution in [0, 0.1) is 5.82 Å². The molecule has 0 spiro atoms. The summed E-state index contributed by atoms with van der Waals surface area (Å²) in [5.74, 6) is -0.528. The zero-order chi connectivity index (χ0) is 16.9. The van der Waals surface area contributed by atoms with Crippen molar-refractivity contribution in [1.82, 2.24) is 20.0 Å². The van der Waals surface area contributed by atoms with E-state index >= 15 is 0 Å². The minimum atomic E-state index is -0.329. The first-order chi connectivity index (χ1) is 11.6. The number of benzene rings is 1. The van der Waals surface area contributed by atoms with Crippen molar-refractivity contribution in [3.05, 3.63) is 48.0 Å². The predicted octanol–water partition coefficient (Wildman–Crippen LogP) is 2.62. The summed E-state index contributed by atoms with van der Waals surface area (Å²) in [5.41, 5.74) is 0.933. The van der Waals surface area contributed by atoms with Crippen molar-refractivity contribution >= 4 is 5.91 Å². The van der Waals surface area contributed by atoms with Gasteiger partial charge in [0, 0.05) is 25.3 Å². The van der Waals surface area contributed by atoms with Crippen LogP contribution in [0.15, 0.2) is 36.5 Å². The van der Waals surface area contributed by atoms with E-state index in [0.717, 1.165) is 13.1 Å². The van der Waals surface area contributed by atoms with Crippen molar-refractivity contribution in [2.75, 3.05) is 19.6 Å². The summed E-state index contributed by atoms with van der Waals surface area (Å²) >= 11 is 0. The predicted molar refractivity (Wildman–Crippen MR) is 90.7 cm³/mol. The molecule has 1 aromatic carbocycles. The molecule has 0 bridgehead atoms. The molecule has 0 unspecified atom stereocenters. The van der Waals surface area contributed by atoms with Crippen LogP contribution in [0.2, 0.25) is 0 Å². The summed E-state index contributed by atoms with van der Waals surface area (Å²) in [7, 11) is 0. The van der Waals surface area contributed by atoms with Gasteiger partial charge in [-0.3, -0.25) is 9.69 Å². The molecule has 1 aliphatic rings. The molecule has 1 atom stereocenters. The maximum atomic E-state index is 13.3. The van der Waals surface area contributed by atoms with Gasteiger partial charge in [0.05, 0.1) is 5.69 Å². The number of rotatable bonds is 5. The molecular formula is C18H23FN4O. The second kappa shape index (κ2) is 7.57. The minimum Gasteiger partial charge on any atom is -0.349 e. The maximum Gasteiger partial charge on any atom is 0.271 e. The molecule has 5 nitrogen and oxygen atoms in total. The lowest BCUT2D eigenvalue weighted by Crippen LogP contribution is -2.42. The first-order valence-electron chi connectivity index (χ1n) is 8.47. The fourth-order valence-electron chi connectivity index (χ4n) is 3.10. The fourth-order valence-corrected chi connectivity index (χ4v) is 3.10. The van der Waals surface area contributed by atoms with E-state index in [-0.39, 0.29) is 11.7 Å². The van der Waals surface area contributed by atoms with Crippen LogP contribution >= 0.6 is 0 Å². The van der Waals surface area contributed by atoms with E-state index in [2.05, 4.69) is 22.2 Å². The van der Waals surface area contributed by atoms with Crippen LogP contribution in [0.5, 0.6) is 0 Å². The SMILES string of the molecule is C[C@H]1CCCCN1CCNC(=O)c1ccn(-c2cccc(F)c2)n1. The summed E-state index contributed by atoms with van der Waals surface area (Å²) < 4.78 is 14.8. The molecule has 0 aliphatic carbocycles. The lowest BCUT2D eigenvalue weighted by molar-refractivity contribution is 0.0933. The molecule has 6 heteroatoms. The van der Waals surface area contributed by atoms with E-state index in [1.165, 1.54) is 36.1 Å². The fraction of sp³-hybridized carbons (Fsp3) is 0.444. The van der Waals surface area contributed by atoms with Crippen molar-refractivity contribution < 1.29 is 9.18 Å². The molecule has 128 valence electrons. The topological polar surface area (TPSA) is 50.2 Å². The van der Waals surface area contributed by atoms with Gasteiger partial charge in [-0.2, -0.15) is 5.10 Å². The number of hydrogen-bond donors (Lipinski definition) is 1. The highest BCUT2D eigenvalue weighted by atomic mass is 19.1. The summed E-state index contributed by atoms with van der Waals surface area (Å²) in [6, 6.07) is 8.35.